The summed E-state index contributed by atoms with van der Waals surface area (Å²) in [5, 5.41) is 5.66. The van der Waals surface area contributed by atoms with Gasteiger partial charge in [-0.2, -0.15) is 0 Å². The van der Waals surface area contributed by atoms with Crippen molar-refractivity contribution in [2.75, 3.05) is 0 Å². The second kappa shape index (κ2) is 9.24. The molecule has 1 aliphatic heterocycles. The molecule has 35 heavy (non-hydrogen) atoms. The van der Waals surface area contributed by atoms with Gasteiger partial charge in [0.15, 0.2) is 0 Å². The van der Waals surface area contributed by atoms with E-state index in [9.17, 15) is 0 Å². The van der Waals surface area contributed by atoms with Gasteiger partial charge in [-0.25, -0.2) is 0 Å². The Morgan fingerprint density at radius 2 is 1.03 bits per heavy atom. The van der Waals surface area contributed by atoms with Gasteiger partial charge in [-0.05, 0) is 0 Å². The van der Waals surface area contributed by atoms with Crippen LogP contribution in [0.1, 0.15) is 57.4 Å². The van der Waals surface area contributed by atoms with Crippen LogP contribution in [-0.4, -0.2) is 0 Å². The Morgan fingerprint density at radius 1 is 0.600 bits per heavy atom. The van der Waals surface area contributed by atoms with Crippen LogP contribution in [0, 0.1) is 0 Å². The largest absolute Gasteiger partial charge is 1.00 e. The van der Waals surface area contributed by atoms with Gasteiger partial charge in [0, 0.05) is 0 Å². The summed E-state index contributed by atoms with van der Waals surface area (Å²) < 4.78 is 4.49. The van der Waals surface area contributed by atoms with Gasteiger partial charge in [0.2, 0.25) is 0 Å². The topological polar surface area (TPSA) is 0 Å². The van der Waals surface area contributed by atoms with Crippen LogP contribution in [0.2, 0.25) is 9.45 Å². The normalized spacial score (nSPS) is 20.1. The Bertz CT molecular complexity index is 1400. The number of benzene rings is 4. The molecule has 4 aromatic carbocycles. The van der Waals surface area contributed by atoms with E-state index in [0.29, 0.717) is 0 Å². The molecule has 0 saturated carbocycles. The molecule has 3 heteroatoms. The minimum atomic E-state index is -2.23. The van der Waals surface area contributed by atoms with E-state index in [0.717, 1.165) is 8.45 Å². The van der Waals surface area contributed by atoms with Crippen LogP contribution in [0.15, 0.2) is 83.9 Å². The summed E-state index contributed by atoms with van der Waals surface area (Å²) in [6.45, 7) is 4.77. The second-order valence-electron chi connectivity index (χ2n) is 10.3. The molecule has 3 aliphatic rings. The van der Waals surface area contributed by atoms with Crippen LogP contribution in [-0.2, 0) is 16.6 Å². The molecule has 0 N–H and O–H groups in total. The Labute approximate surface area is 224 Å². The minimum absolute atomic E-state index is 0. The third-order valence-electron chi connectivity index (χ3n) is 8.83. The Morgan fingerprint density at radius 3 is 1.43 bits per heavy atom. The SMILES string of the molecule is CCC1=Cc2c(ccc3ccccc23)[CH]1[Ti+2]1([CH]2C(CC)=Cc3c2ccc2ccccc32)[CH2][CH2]1.[Cl-].[Cl-]. The fourth-order valence-electron chi connectivity index (χ4n) is 7.25. The first kappa shape index (κ1) is 24.9. The van der Waals surface area contributed by atoms with E-state index in [1.165, 1.54) is 55.0 Å². The van der Waals surface area contributed by atoms with Crippen molar-refractivity contribution in [3.8, 4) is 0 Å². The molecule has 4 aromatic rings. The summed E-state index contributed by atoms with van der Waals surface area (Å²) >= 11 is -2.23. The zero-order valence-corrected chi connectivity index (χ0v) is 23.4. The number of halogens is 2. The molecule has 0 spiro atoms. The summed E-state index contributed by atoms with van der Waals surface area (Å²) in [6, 6.07) is 27.7. The van der Waals surface area contributed by atoms with Crippen LogP contribution in [0.5, 0.6) is 0 Å². The predicted molar refractivity (Wildman–Crippen MR) is 140 cm³/mol. The van der Waals surface area contributed by atoms with Crippen molar-refractivity contribution in [1.29, 1.82) is 0 Å². The van der Waals surface area contributed by atoms with Gasteiger partial charge in [-0.15, -0.1) is 0 Å². The van der Waals surface area contributed by atoms with Gasteiger partial charge in [-0.1, -0.05) is 0 Å². The first-order valence-corrected chi connectivity index (χ1v) is 16.7. The summed E-state index contributed by atoms with van der Waals surface area (Å²) in [5.41, 5.74) is 9.84. The Kier molecular flexibility index (Phi) is 6.56. The van der Waals surface area contributed by atoms with Crippen molar-refractivity contribution in [2.24, 2.45) is 0 Å². The maximum Gasteiger partial charge on any atom is -1.00 e. The predicted octanol–water partition coefficient (Wildman–Crippen LogP) is 3.40. The quantitative estimate of drug-likeness (QED) is 0.353. The summed E-state index contributed by atoms with van der Waals surface area (Å²) in [7, 11) is 0. The molecule has 1 saturated heterocycles. The van der Waals surface area contributed by atoms with Crippen molar-refractivity contribution in [2.45, 2.75) is 44.6 Å². The Hall–Kier alpha value is -1.83. The van der Waals surface area contributed by atoms with E-state index >= 15 is 0 Å². The summed E-state index contributed by atoms with van der Waals surface area (Å²) in [5.74, 6) is 0. The molecule has 0 nitrogen and oxygen atoms in total. The molecule has 1 heterocycles. The fourth-order valence-corrected chi connectivity index (χ4v) is 17.8. The molecule has 0 amide bonds. The van der Waals surface area contributed by atoms with E-state index in [4.69, 9.17) is 0 Å². The van der Waals surface area contributed by atoms with Crippen molar-refractivity contribution in [3.63, 3.8) is 0 Å². The Balaban J connectivity index is 0.00000127. The number of fused-ring (bicyclic) bond motifs is 6. The van der Waals surface area contributed by atoms with Gasteiger partial charge >= 0.3 is 201 Å². The van der Waals surface area contributed by atoms with Crippen LogP contribution < -0.4 is 24.8 Å². The molecule has 2 unspecified atom stereocenters. The smallest absolute Gasteiger partial charge is 1.00 e. The monoisotopic (exact) mass is 532 g/mol. The summed E-state index contributed by atoms with van der Waals surface area (Å²) in [4.78, 5) is 0. The van der Waals surface area contributed by atoms with Crippen LogP contribution >= 0.6 is 0 Å². The zero-order valence-electron chi connectivity index (χ0n) is 20.3. The van der Waals surface area contributed by atoms with Crippen molar-refractivity contribution in [1.82, 2.24) is 0 Å². The molecular formula is C32H30Cl2Ti. The number of allylic oxidation sites excluding steroid dienone is 2. The van der Waals surface area contributed by atoms with Gasteiger partial charge in [0.05, 0.1) is 0 Å². The van der Waals surface area contributed by atoms with Gasteiger partial charge in [-0.3, -0.25) is 0 Å². The van der Waals surface area contributed by atoms with Gasteiger partial charge in [0.1, 0.15) is 0 Å². The first-order valence-electron chi connectivity index (χ1n) is 12.7. The minimum Gasteiger partial charge on any atom is -1.00 e. The van der Waals surface area contributed by atoms with E-state index in [1.54, 1.807) is 22.3 Å². The first-order chi connectivity index (χ1) is 16.2. The second-order valence-corrected chi connectivity index (χ2v) is 17.5. The fraction of sp³-hybridized carbons (Fsp3) is 0.250. The average Bonchev–Trinajstić information content (AvgIpc) is 3.40. The third-order valence-corrected chi connectivity index (χ3v) is 17.1. The molecule has 0 radical (unpaired) electrons. The molecule has 2 aliphatic carbocycles. The van der Waals surface area contributed by atoms with Crippen LogP contribution in [0.25, 0.3) is 33.7 Å². The van der Waals surface area contributed by atoms with Crippen molar-refractivity contribution >= 4 is 33.7 Å². The van der Waals surface area contributed by atoms with Gasteiger partial charge < -0.3 is 24.8 Å². The van der Waals surface area contributed by atoms with Crippen molar-refractivity contribution in [3.05, 3.63) is 106 Å². The molecule has 0 aromatic heterocycles. The number of hydrogen-bond acceptors (Lipinski definition) is 0. The average molecular weight is 533 g/mol. The molecule has 0 bridgehead atoms. The van der Waals surface area contributed by atoms with E-state index in [1.807, 2.05) is 0 Å². The van der Waals surface area contributed by atoms with Crippen LogP contribution in [0.3, 0.4) is 0 Å². The van der Waals surface area contributed by atoms with E-state index in [2.05, 4.69) is 98.8 Å². The molecular weight excluding hydrogens is 503 g/mol. The number of hydrogen-bond donors (Lipinski definition) is 0. The van der Waals surface area contributed by atoms with Crippen LogP contribution in [0.4, 0.5) is 0 Å². The molecule has 2 atom stereocenters. The maximum atomic E-state index is 2.60. The standard InChI is InChI=1S/2C15H13.C2H4.2ClH.Ti/c2*1-2-11-9-13-8-7-12-5-3-4-6-14(12)15(13)10-11;1-2;;;/h2*3-10H,2H2,1H3;1-2H2;2*1H;/q;;;;;+2/p-2. The maximum absolute atomic E-state index is 2.60. The zero-order chi connectivity index (χ0) is 22.2. The third kappa shape index (κ3) is 3.52. The van der Waals surface area contributed by atoms with Crippen molar-refractivity contribution < 1.29 is 41.4 Å². The molecule has 176 valence electrons. The van der Waals surface area contributed by atoms with Gasteiger partial charge in [0.25, 0.3) is 0 Å². The molecule has 1 fully saturated rings. The number of rotatable bonds is 4. The summed E-state index contributed by atoms with van der Waals surface area (Å²) in [6.07, 6.45) is 7.56. The molecule has 7 rings (SSSR count). The van der Waals surface area contributed by atoms with E-state index < -0.39 is 16.6 Å². The van der Waals surface area contributed by atoms with E-state index in [-0.39, 0.29) is 24.8 Å².